The lowest BCUT2D eigenvalue weighted by Crippen LogP contribution is -2.59. The number of ether oxygens (including phenoxy) is 2. The molecule has 3 aromatic carbocycles. The molecule has 0 aromatic heterocycles. The molecule has 2 aliphatic heterocycles. The van der Waals surface area contributed by atoms with Crippen molar-refractivity contribution >= 4 is 39.3 Å². The van der Waals surface area contributed by atoms with Gasteiger partial charge < -0.3 is 25.4 Å². The largest absolute Gasteiger partial charge is 0.453 e. The second-order valence-electron chi connectivity index (χ2n) is 12.5. The molecular weight excluding hydrogens is 671 g/mol. The Kier molecular flexibility index (Phi) is 12.7. The summed E-state index contributed by atoms with van der Waals surface area (Å²) in [6.07, 6.45) is 1.62. The van der Waals surface area contributed by atoms with E-state index >= 15 is 4.39 Å². The molecule has 5 rings (SSSR count). The molecule has 4 atom stereocenters. The summed E-state index contributed by atoms with van der Waals surface area (Å²) in [4.78, 5) is 27.1. The van der Waals surface area contributed by atoms with E-state index in [2.05, 4.69) is 16.0 Å². The number of nitrogens with one attached hydrogen (secondary N) is 3. The van der Waals surface area contributed by atoms with Crippen LogP contribution in [0.25, 0.3) is 0 Å². The molecule has 2 saturated heterocycles. The van der Waals surface area contributed by atoms with Crippen molar-refractivity contribution in [2.75, 3.05) is 38.7 Å². The van der Waals surface area contributed by atoms with Crippen molar-refractivity contribution in [2.24, 2.45) is 5.92 Å². The van der Waals surface area contributed by atoms with Gasteiger partial charge in [0, 0.05) is 60.6 Å². The number of anilines is 1. The number of nitrogens with zero attached hydrogens (tertiary/aromatic N) is 1. The summed E-state index contributed by atoms with van der Waals surface area (Å²) in [7, 11) is -2.60. The molecular formula is C36H44ClFN4O6S. The van der Waals surface area contributed by atoms with Gasteiger partial charge in [0.25, 0.3) is 0 Å². The molecule has 0 radical (unpaired) electrons. The van der Waals surface area contributed by atoms with Gasteiger partial charge in [0.1, 0.15) is 11.9 Å². The molecule has 2 fully saturated rings. The second-order valence-corrected chi connectivity index (χ2v) is 14.7. The number of amides is 2. The van der Waals surface area contributed by atoms with Gasteiger partial charge >= 0.3 is 6.09 Å². The molecule has 3 aromatic rings. The zero-order valence-electron chi connectivity index (χ0n) is 27.7. The molecule has 0 aliphatic carbocycles. The Labute approximate surface area is 292 Å². The first-order chi connectivity index (χ1) is 23.6. The zero-order valence-corrected chi connectivity index (χ0v) is 29.3. The monoisotopic (exact) mass is 714 g/mol. The number of carbonyl (C=O) groups excluding carboxylic acids is 2. The normalized spacial score (nSPS) is 20.2. The number of benzene rings is 3. The van der Waals surface area contributed by atoms with Crippen molar-refractivity contribution < 1.29 is 31.9 Å². The second kappa shape index (κ2) is 16.9. The Morgan fingerprint density at radius 1 is 1.02 bits per heavy atom. The van der Waals surface area contributed by atoms with Crippen LogP contribution in [0.15, 0.2) is 77.7 Å². The van der Waals surface area contributed by atoms with Crippen molar-refractivity contribution in [3.63, 3.8) is 0 Å². The highest BCUT2D eigenvalue weighted by Crippen LogP contribution is 2.37. The molecule has 0 unspecified atom stereocenters. The summed E-state index contributed by atoms with van der Waals surface area (Å²) < 4.78 is 55.4. The molecule has 264 valence electrons. The van der Waals surface area contributed by atoms with E-state index in [1.807, 2.05) is 19.1 Å². The van der Waals surface area contributed by atoms with E-state index in [9.17, 15) is 18.0 Å². The summed E-state index contributed by atoms with van der Waals surface area (Å²) >= 11 is 6.19. The number of halogens is 2. The van der Waals surface area contributed by atoms with Crippen LogP contribution in [0.5, 0.6) is 0 Å². The molecule has 2 heterocycles. The Balaban J connectivity index is 1.43. The minimum atomic E-state index is -3.83. The summed E-state index contributed by atoms with van der Waals surface area (Å²) in [5.74, 6) is -1.55. The maximum atomic E-state index is 15.6. The topological polar surface area (TPSA) is 126 Å². The van der Waals surface area contributed by atoms with E-state index in [0.717, 1.165) is 5.56 Å². The predicted octanol–water partition coefficient (Wildman–Crippen LogP) is 5.73. The molecule has 10 nitrogen and oxygen atoms in total. The van der Waals surface area contributed by atoms with Crippen molar-refractivity contribution in [3.8, 4) is 0 Å². The van der Waals surface area contributed by atoms with Crippen LogP contribution in [0.1, 0.15) is 49.7 Å². The molecule has 2 amide bonds. The summed E-state index contributed by atoms with van der Waals surface area (Å²) in [5, 5.41) is 9.53. The first-order valence-corrected chi connectivity index (χ1v) is 18.5. The highest BCUT2D eigenvalue weighted by atomic mass is 35.5. The molecule has 0 saturated carbocycles. The van der Waals surface area contributed by atoms with Gasteiger partial charge in [-0.3, -0.25) is 4.79 Å². The highest BCUT2D eigenvalue weighted by Gasteiger charge is 2.40. The van der Waals surface area contributed by atoms with Crippen molar-refractivity contribution in [2.45, 2.75) is 68.0 Å². The fraction of sp³-hybridized carbons (Fsp3) is 0.444. The van der Waals surface area contributed by atoms with Gasteiger partial charge in [0.15, 0.2) is 0 Å². The van der Waals surface area contributed by atoms with Crippen molar-refractivity contribution in [1.29, 1.82) is 0 Å². The van der Waals surface area contributed by atoms with Crippen LogP contribution in [0.2, 0.25) is 5.02 Å². The summed E-state index contributed by atoms with van der Waals surface area (Å²) in [6, 6.07) is 18.1. The van der Waals surface area contributed by atoms with Gasteiger partial charge in [-0.05, 0) is 80.0 Å². The van der Waals surface area contributed by atoms with E-state index in [1.54, 1.807) is 52.8 Å². The molecule has 49 heavy (non-hydrogen) atoms. The third-order valence-electron chi connectivity index (χ3n) is 9.50. The number of piperazine rings is 1. The van der Waals surface area contributed by atoms with Gasteiger partial charge in [0.05, 0.1) is 12.0 Å². The number of alkyl carbamates (subject to hydrolysis) is 1. The van der Waals surface area contributed by atoms with Crippen molar-refractivity contribution in [1.82, 2.24) is 14.9 Å². The Hall–Kier alpha value is -3.55. The number of carbonyl (C=O) groups is 2. The van der Waals surface area contributed by atoms with E-state index in [1.165, 1.54) is 19.2 Å². The lowest BCUT2D eigenvalue weighted by molar-refractivity contribution is -0.119. The summed E-state index contributed by atoms with van der Waals surface area (Å²) in [6.45, 7) is 3.89. The molecule has 0 bridgehead atoms. The van der Waals surface area contributed by atoms with Gasteiger partial charge in [-0.2, -0.15) is 4.31 Å². The Morgan fingerprint density at radius 3 is 2.39 bits per heavy atom. The van der Waals surface area contributed by atoms with Crippen LogP contribution >= 0.6 is 11.6 Å². The maximum Gasteiger partial charge on any atom is 0.407 e. The average Bonchev–Trinajstić information content (AvgIpc) is 3.12. The predicted molar refractivity (Wildman–Crippen MR) is 187 cm³/mol. The van der Waals surface area contributed by atoms with Crippen molar-refractivity contribution in [3.05, 3.63) is 94.8 Å². The van der Waals surface area contributed by atoms with Gasteiger partial charge in [-0.15, -0.1) is 0 Å². The number of hydrogen-bond acceptors (Lipinski definition) is 7. The lowest BCUT2D eigenvalue weighted by Gasteiger charge is -2.41. The number of methoxy groups -OCH3 is 1. The number of hydrogen-bond donors (Lipinski definition) is 3. The summed E-state index contributed by atoms with van der Waals surface area (Å²) in [5.41, 5.74) is 1.30. The fourth-order valence-electron chi connectivity index (χ4n) is 7.01. The number of sulfonamides is 1. The molecule has 13 heteroatoms. The minimum absolute atomic E-state index is 0.0160. The first-order valence-electron chi connectivity index (χ1n) is 16.7. The number of rotatable bonds is 12. The van der Waals surface area contributed by atoms with Crippen LogP contribution in [-0.2, 0) is 30.7 Å². The zero-order chi connectivity index (χ0) is 35.0. The van der Waals surface area contributed by atoms with Crippen LogP contribution in [0, 0.1) is 11.7 Å². The standard InChI is InChI=1S/C36H44ClFN4O6S/c1-3-27-22-39-23-28(42(27)49(45,46)29-8-5-4-6-9-29)16-17-30-31(38)10-7-11-32(30)40-35(43)34(41-36(44)47-2)33(25-18-20-48-21-19-25)24-12-14-26(37)15-13-24/h4-15,25,27-28,33-34,39H,3,16-23H2,1-2H3,(H,40,43)(H,41,44)/t27-,28+,33+,34+/m1/s1. The minimum Gasteiger partial charge on any atom is -0.453 e. The van der Waals surface area contributed by atoms with E-state index in [0.29, 0.717) is 57.0 Å². The van der Waals surface area contributed by atoms with Crippen LogP contribution in [-0.4, -0.2) is 76.3 Å². The smallest absolute Gasteiger partial charge is 0.407 e. The first kappa shape index (κ1) is 36.7. The molecule has 0 spiro atoms. The quantitative estimate of drug-likeness (QED) is 0.219. The molecule has 3 N–H and O–H groups in total. The third kappa shape index (κ3) is 8.79. The van der Waals surface area contributed by atoms with E-state index in [-0.39, 0.29) is 34.5 Å². The van der Waals surface area contributed by atoms with Gasteiger partial charge in [0.2, 0.25) is 15.9 Å². The third-order valence-corrected chi connectivity index (χ3v) is 11.8. The highest BCUT2D eigenvalue weighted by molar-refractivity contribution is 7.89. The maximum absolute atomic E-state index is 15.6. The Bertz CT molecular complexity index is 1670. The van der Waals surface area contributed by atoms with Crippen LogP contribution < -0.4 is 16.0 Å². The van der Waals surface area contributed by atoms with E-state index in [4.69, 9.17) is 21.1 Å². The average molecular weight is 715 g/mol. The van der Waals surface area contributed by atoms with Crippen LogP contribution in [0.4, 0.5) is 14.9 Å². The Morgan fingerprint density at radius 2 is 1.71 bits per heavy atom. The SMILES string of the molecule is CC[C@@H]1CNC[C@H](CCc2c(F)cccc2NC(=O)[C@@H](NC(=O)OC)[C@@H](c2ccc(Cl)cc2)C2CCOCC2)N1S(=O)(=O)c1ccccc1. The lowest BCUT2D eigenvalue weighted by atomic mass is 9.76. The van der Waals surface area contributed by atoms with Crippen LogP contribution in [0.3, 0.4) is 0 Å². The molecule has 2 aliphatic rings. The van der Waals surface area contributed by atoms with Gasteiger partial charge in [-0.1, -0.05) is 54.9 Å². The van der Waals surface area contributed by atoms with Gasteiger partial charge in [-0.25, -0.2) is 17.6 Å². The fourth-order valence-corrected chi connectivity index (χ4v) is 9.07. The van der Waals surface area contributed by atoms with E-state index < -0.39 is 45.8 Å².